The van der Waals surface area contributed by atoms with E-state index in [0.717, 1.165) is 15.1 Å². The third kappa shape index (κ3) is 2.05. The molecule has 0 atom stereocenters. The summed E-state index contributed by atoms with van der Waals surface area (Å²) in [5.74, 6) is 0.621. The number of benzene rings is 2. The van der Waals surface area contributed by atoms with E-state index >= 15 is 0 Å². The van der Waals surface area contributed by atoms with Gasteiger partial charge in [-0.05, 0) is 31.5 Å². The molecule has 3 rings (SSSR count). The van der Waals surface area contributed by atoms with Crippen LogP contribution in [0.4, 0.5) is 0 Å². The Balaban J connectivity index is 2.52. The lowest BCUT2D eigenvalue weighted by Gasteiger charge is -2.15. The van der Waals surface area contributed by atoms with Crippen molar-refractivity contribution in [3.8, 4) is 22.1 Å². The highest BCUT2D eigenvalue weighted by Gasteiger charge is 2.24. The molecule has 1 aromatic rings. The molecular weight excluding hydrogens is 286 g/mol. The molecule has 1 aromatic carbocycles. The molecule has 1 aliphatic carbocycles. The Morgan fingerprint density at radius 1 is 1.10 bits per heavy atom. The highest BCUT2D eigenvalue weighted by Crippen LogP contribution is 2.42. The van der Waals surface area contributed by atoms with Crippen molar-refractivity contribution in [3.63, 3.8) is 0 Å². The molecule has 5 heteroatoms. The Morgan fingerprint density at radius 2 is 1.81 bits per heavy atom. The van der Waals surface area contributed by atoms with Crippen LogP contribution in [0.2, 0.25) is 0 Å². The first-order valence-corrected chi connectivity index (χ1v) is 7.34. The van der Waals surface area contributed by atoms with Crippen LogP contribution < -0.4 is 14.9 Å². The maximum absolute atomic E-state index is 12.4. The van der Waals surface area contributed by atoms with E-state index in [9.17, 15) is 4.79 Å². The molecule has 0 unspecified atom stereocenters. The smallest absolute Gasteiger partial charge is 0.228 e. The van der Waals surface area contributed by atoms with Crippen molar-refractivity contribution in [2.24, 2.45) is 0 Å². The fraction of sp³-hybridized carbons (Fsp3) is 0.250. The van der Waals surface area contributed by atoms with Crippen molar-refractivity contribution < 1.29 is 9.47 Å². The molecular formula is C16H15NO3S. The van der Waals surface area contributed by atoms with Gasteiger partial charge in [-0.15, -0.1) is 11.3 Å². The summed E-state index contributed by atoms with van der Waals surface area (Å²) in [5.41, 5.74) is 3.22. The summed E-state index contributed by atoms with van der Waals surface area (Å²) in [5, 5.41) is 0. The van der Waals surface area contributed by atoms with Crippen LogP contribution in [0.3, 0.4) is 0 Å². The molecule has 0 N–H and O–H groups in total. The number of nitrogens with zero attached hydrogens (tertiary/aromatic N) is 1. The molecule has 1 heterocycles. The van der Waals surface area contributed by atoms with Crippen molar-refractivity contribution in [2.45, 2.75) is 13.8 Å². The molecule has 21 heavy (non-hydrogen) atoms. The highest BCUT2D eigenvalue weighted by atomic mass is 32.1. The second-order valence-corrected chi connectivity index (χ2v) is 5.94. The minimum Gasteiger partial charge on any atom is -0.491 e. The van der Waals surface area contributed by atoms with Crippen LogP contribution in [0, 0.1) is 13.8 Å². The zero-order valence-electron chi connectivity index (χ0n) is 12.3. The summed E-state index contributed by atoms with van der Waals surface area (Å²) in [4.78, 5) is 17.9. The Kier molecular flexibility index (Phi) is 3.29. The fourth-order valence-corrected chi connectivity index (χ4v) is 3.56. The molecule has 108 valence electrons. The lowest BCUT2D eigenvalue weighted by atomic mass is 10.1. The normalized spacial score (nSPS) is 11.0. The number of aromatic nitrogens is 1. The number of ether oxygens (including phenoxy) is 2. The van der Waals surface area contributed by atoms with Gasteiger partial charge in [0.15, 0.2) is 5.75 Å². The Bertz CT molecular complexity index is 870. The average Bonchev–Trinajstić information content (AvgIpc) is 2.49. The predicted octanol–water partition coefficient (Wildman–Crippen LogP) is 3.40. The molecule has 0 saturated carbocycles. The van der Waals surface area contributed by atoms with Gasteiger partial charge in [0.05, 0.1) is 29.3 Å². The van der Waals surface area contributed by atoms with Crippen molar-refractivity contribution >= 4 is 21.6 Å². The van der Waals surface area contributed by atoms with E-state index in [-0.39, 0.29) is 11.2 Å². The summed E-state index contributed by atoms with van der Waals surface area (Å²) in [6, 6.07) is 6.08. The van der Waals surface area contributed by atoms with Crippen molar-refractivity contribution in [2.75, 3.05) is 14.2 Å². The van der Waals surface area contributed by atoms with E-state index in [4.69, 9.17) is 9.47 Å². The van der Waals surface area contributed by atoms with Crippen LogP contribution in [-0.2, 0) is 0 Å². The topological polar surface area (TPSA) is 48.4 Å². The lowest BCUT2D eigenvalue weighted by Crippen LogP contribution is -2.13. The Morgan fingerprint density at radius 3 is 2.48 bits per heavy atom. The molecule has 0 radical (unpaired) electrons. The third-order valence-electron chi connectivity index (χ3n) is 3.49. The maximum atomic E-state index is 12.4. The summed E-state index contributed by atoms with van der Waals surface area (Å²) >= 11 is 1.56. The third-order valence-corrected chi connectivity index (χ3v) is 4.74. The van der Waals surface area contributed by atoms with Crippen molar-refractivity contribution in [1.82, 2.24) is 4.98 Å². The van der Waals surface area contributed by atoms with Gasteiger partial charge in [-0.25, -0.2) is 4.98 Å². The SMILES string of the molecule is COc1c2nc3ccc(C)cc3sc-2c(C)c(=O)c1OC. The number of hydrogen-bond donors (Lipinski definition) is 0. The molecule has 0 bridgehead atoms. The molecule has 4 nitrogen and oxygen atoms in total. The number of aryl methyl sites for hydroxylation is 1. The zero-order valence-corrected chi connectivity index (χ0v) is 13.1. The van der Waals surface area contributed by atoms with Gasteiger partial charge in [0.2, 0.25) is 11.2 Å². The van der Waals surface area contributed by atoms with Gasteiger partial charge in [-0.3, -0.25) is 4.79 Å². The first-order valence-electron chi connectivity index (χ1n) is 6.52. The van der Waals surface area contributed by atoms with E-state index < -0.39 is 0 Å². The average molecular weight is 301 g/mol. The fourth-order valence-electron chi connectivity index (χ4n) is 2.39. The van der Waals surface area contributed by atoms with Gasteiger partial charge in [-0.1, -0.05) is 6.07 Å². The van der Waals surface area contributed by atoms with Crippen molar-refractivity contribution in [3.05, 3.63) is 39.5 Å². The summed E-state index contributed by atoms with van der Waals surface area (Å²) in [7, 11) is 3.00. The first-order chi connectivity index (χ1) is 10.1. The van der Waals surface area contributed by atoms with Crippen LogP contribution in [-0.4, -0.2) is 19.2 Å². The van der Waals surface area contributed by atoms with Gasteiger partial charge in [0.1, 0.15) is 5.69 Å². The lowest BCUT2D eigenvalue weighted by molar-refractivity contribution is 0.352. The first kappa shape index (κ1) is 13.8. The van der Waals surface area contributed by atoms with Crippen molar-refractivity contribution in [1.29, 1.82) is 0 Å². The minimum absolute atomic E-state index is 0.146. The van der Waals surface area contributed by atoms with Gasteiger partial charge < -0.3 is 9.47 Å². The highest BCUT2D eigenvalue weighted by molar-refractivity contribution is 7.21. The van der Waals surface area contributed by atoms with Gasteiger partial charge >= 0.3 is 0 Å². The molecule has 1 aliphatic heterocycles. The van der Waals surface area contributed by atoms with Gasteiger partial charge in [0, 0.05) is 5.56 Å². The van der Waals surface area contributed by atoms with Crippen LogP contribution in [0.25, 0.3) is 20.8 Å². The zero-order chi connectivity index (χ0) is 15.1. The quantitative estimate of drug-likeness (QED) is 0.681. The van der Waals surface area contributed by atoms with Crippen LogP contribution in [0.5, 0.6) is 11.5 Å². The number of methoxy groups -OCH3 is 2. The van der Waals surface area contributed by atoms with Gasteiger partial charge in [0.25, 0.3) is 0 Å². The summed E-state index contributed by atoms with van der Waals surface area (Å²) < 4.78 is 11.6. The van der Waals surface area contributed by atoms with E-state index in [1.54, 1.807) is 18.3 Å². The number of rotatable bonds is 2. The predicted molar refractivity (Wildman–Crippen MR) is 85.1 cm³/mol. The van der Waals surface area contributed by atoms with Crippen LogP contribution in [0.15, 0.2) is 23.0 Å². The van der Waals surface area contributed by atoms with Gasteiger partial charge in [-0.2, -0.15) is 0 Å². The van der Waals surface area contributed by atoms with Crippen LogP contribution >= 0.6 is 11.3 Å². The van der Waals surface area contributed by atoms with E-state index in [2.05, 4.69) is 11.1 Å². The van der Waals surface area contributed by atoms with Crippen LogP contribution in [0.1, 0.15) is 11.1 Å². The molecule has 0 fully saturated rings. The Labute approximate surface area is 126 Å². The monoisotopic (exact) mass is 301 g/mol. The number of hydrogen-bond acceptors (Lipinski definition) is 5. The molecule has 0 spiro atoms. The minimum atomic E-state index is -0.146. The van der Waals surface area contributed by atoms with E-state index in [1.807, 2.05) is 19.1 Å². The second kappa shape index (κ2) is 5.00. The second-order valence-electron chi connectivity index (χ2n) is 4.88. The van der Waals surface area contributed by atoms with E-state index in [0.29, 0.717) is 17.0 Å². The molecule has 2 aliphatic rings. The number of fused-ring (bicyclic) bond motifs is 2. The van der Waals surface area contributed by atoms with E-state index in [1.165, 1.54) is 19.8 Å². The molecule has 0 aromatic heterocycles. The largest absolute Gasteiger partial charge is 0.491 e. The summed E-state index contributed by atoms with van der Waals surface area (Å²) in [6.45, 7) is 3.84. The maximum Gasteiger partial charge on any atom is 0.228 e. The Hall–Kier alpha value is -2.14. The standard InChI is InChI=1S/C16H15NO3S/c1-8-5-6-10-11(7-8)21-16-9(2)13(18)15(20-4)14(19-3)12(16)17-10/h5-7H,1-4H3. The molecule has 0 saturated heterocycles. The molecule has 0 amide bonds. The summed E-state index contributed by atoms with van der Waals surface area (Å²) in [6.07, 6.45) is 0.